The summed E-state index contributed by atoms with van der Waals surface area (Å²) in [5, 5.41) is 0. The number of rotatable bonds is 1. The van der Waals surface area contributed by atoms with Gasteiger partial charge in [0, 0.05) is 22.1 Å². The molecule has 1 unspecified atom stereocenters. The molecule has 0 aromatic rings. The maximum absolute atomic E-state index is 12.4. The van der Waals surface area contributed by atoms with Gasteiger partial charge in [-0.15, -0.1) is 0 Å². The van der Waals surface area contributed by atoms with Crippen molar-refractivity contribution in [2.75, 3.05) is 0 Å². The fourth-order valence-corrected chi connectivity index (χ4v) is 3.08. The van der Waals surface area contributed by atoms with Gasteiger partial charge in [0.2, 0.25) is 5.91 Å². The Morgan fingerprint density at radius 3 is 2.69 bits per heavy atom. The SMILES string of the molecule is CC(C)N1C(=O)C(C)(C)C2CC=C(Br)C=C21. The van der Waals surface area contributed by atoms with Gasteiger partial charge in [0.1, 0.15) is 0 Å². The summed E-state index contributed by atoms with van der Waals surface area (Å²) in [6.45, 7) is 8.26. The van der Waals surface area contributed by atoms with E-state index in [-0.39, 0.29) is 17.4 Å². The molecule has 0 N–H and O–H groups in total. The van der Waals surface area contributed by atoms with Crippen molar-refractivity contribution in [2.24, 2.45) is 11.3 Å². The van der Waals surface area contributed by atoms with Crippen molar-refractivity contribution < 1.29 is 4.79 Å². The Kier molecular flexibility index (Phi) is 2.77. The van der Waals surface area contributed by atoms with E-state index in [9.17, 15) is 4.79 Å². The van der Waals surface area contributed by atoms with Crippen molar-refractivity contribution in [1.82, 2.24) is 4.90 Å². The third-order valence-electron chi connectivity index (χ3n) is 3.63. The predicted molar refractivity (Wildman–Crippen MR) is 69.0 cm³/mol. The Bertz CT molecular complexity index is 393. The molecular weight excluding hydrogens is 266 g/mol. The number of hydrogen-bond donors (Lipinski definition) is 0. The van der Waals surface area contributed by atoms with Crippen LogP contribution in [0.25, 0.3) is 0 Å². The molecule has 1 fully saturated rings. The Labute approximate surface area is 106 Å². The molecule has 0 aromatic heterocycles. The van der Waals surface area contributed by atoms with Crippen molar-refractivity contribution >= 4 is 21.8 Å². The highest BCUT2D eigenvalue weighted by Gasteiger charge is 2.51. The topological polar surface area (TPSA) is 20.3 Å². The summed E-state index contributed by atoms with van der Waals surface area (Å²) in [5.41, 5.74) is 0.916. The van der Waals surface area contributed by atoms with Crippen LogP contribution in [0.3, 0.4) is 0 Å². The molecule has 0 radical (unpaired) electrons. The van der Waals surface area contributed by atoms with Crippen molar-refractivity contribution in [1.29, 1.82) is 0 Å². The van der Waals surface area contributed by atoms with Crippen LogP contribution >= 0.6 is 15.9 Å². The number of carbonyl (C=O) groups is 1. The highest BCUT2D eigenvalue weighted by molar-refractivity contribution is 9.11. The van der Waals surface area contributed by atoms with Crippen LogP contribution in [-0.2, 0) is 4.79 Å². The van der Waals surface area contributed by atoms with Crippen molar-refractivity contribution in [3.8, 4) is 0 Å². The Hall–Kier alpha value is -0.570. The zero-order valence-electron chi connectivity index (χ0n) is 10.2. The summed E-state index contributed by atoms with van der Waals surface area (Å²) in [7, 11) is 0. The van der Waals surface area contributed by atoms with Gasteiger partial charge in [0.05, 0.1) is 5.41 Å². The Morgan fingerprint density at radius 1 is 1.50 bits per heavy atom. The monoisotopic (exact) mass is 283 g/mol. The highest BCUT2D eigenvalue weighted by atomic mass is 79.9. The van der Waals surface area contributed by atoms with Crippen molar-refractivity contribution in [2.45, 2.75) is 40.2 Å². The largest absolute Gasteiger partial charge is 0.313 e. The van der Waals surface area contributed by atoms with Gasteiger partial charge >= 0.3 is 0 Å². The van der Waals surface area contributed by atoms with Crippen LogP contribution < -0.4 is 0 Å². The predicted octanol–water partition coefficient (Wildman–Crippen LogP) is 3.45. The lowest BCUT2D eigenvalue weighted by Gasteiger charge is -2.26. The van der Waals surface area contributed by atoms with Crippen LogP contribution in [0.4, 0.5) is 0 Å². The van der Waals surface area contributed by atoms with Crippen LogP contribution in [0.15, 0.2) is 22.3 Å². The minimum Gasteiger partial charge on any atom is -0.313 e. The quantitative estimate of drug-likeness (QED) is 0.722. The van der Waals surface area contributed by atoms with Gasteiger partial charge in [-0.1, -0.05) is 35.9 Å². The van der Waals surface area contributed by atoms with Gasteiger partial charge < -0.3 is 4.90 Å². The summed E-state index contributed by atoms with van der Waals surface area (Å²) in [5.74, 6) is 0.595. The number of hydrogen-bond acceptors (Lipinski definition) is 1. The number of carbonyl (C=O) groups excluding carboxylic acids is 1. The standard InChI is InChI=1S/C13H18BrNO/c1-8(2)15-11-7-9(14)5-6-10(11)13(3,4)12(15)16/h5,7-8,10H,6H2,1-4H3. The maximum Gasteiger partial charge on any atom is 0.233 e. The molecule has 1 saturated heterocycles. The maximum atomic E-state index is 12.4. The summed E-state index contributed by atoms with van der Waals surface area (Å²) in [6.07, 6.45) is 5.21. The molecule has 2 aliphatic rings. The average Bonchev–Trinajstić information content (AvgIpc) is 2.34. The number of likely N-dealkylation sites (tertiary alicyclic amines) is 1. The van der Waals surface area contributed by atoms with E-state index in [4.69, 9.17) is 0 Å². The lowest BCUT2D eigenvalue weighted by molar-refractivity contribution is -0.135. The van der Waals surface area contributed by atoms with Crippen LogP contribution in [0.2, 0.25) is 0 Å². The van der Waals surface area contributed by atoms with E-state index in [0.29, 0.717) is 5.92 Å². The normalized spacial score (nSPS) is 28.0. The van der Waals surface area contributed by atoms with Gasteiger partial charge in [0.25, 0.3) is 0 Å². The molecule has 1 aliphatic heterocycles. The van der Waals surface area contributed by atoms with Crippen LogP contribution in [0.5, 0.6) is 0 Å². The lowest BCUT2D eigenvalue weighted by Crippen LogP contribution is -2.35. The molecule has 1 atom stereocenters. The van der Waals surface area contributed by atoms with Gasteiger partial charge in [-0.05, 0) is 26.3 Å². The van der Waals surface area contributed by atoms with Crippen LogP contribution in [0, 0.1) is 11.3 Å². The summed E-state index contributed by atoms with van der Waals surface area (Å²) >= 11 is 3.51. The molecule has 1 heterocycles. The number of fused-ring (bicyclic) bond motifs is 1. The zero-order chi connectivity index (χ0) is 12.1. The average molecular weight is 284 g/mol. The summed E-state index contributed by atoms with van der Waals surface area (Å²) in [4.78, 5) is 14.3. The van der Waals surface area contributed by atoms with E-state index >= 15 is 0 Å². The summed E-state index contributed by atoms with van der Waals surface area (Å²) in [6, 6.07) is 0.237. The molecule has 1 amide bonds. The first-order valence-corrected chi connectivity index (χ1v) is 6.56. The smallest absolute Gasteiger partial charge is 0.233 e. The molecule has 16 heavy (non-hydrogen) atoms. The van der Waals surface area contributed by atoms with E-state index in [1.54, 1.807) is 0 Å². The Balaban J connectivity index is 2.48. The van der Waals surface area contributed by atoms with Crippen molar-refractivity contribution in [3.63, 3.8) is 0 Å². The molecule has 0 spiro atoms. The van der Waals surface area contributed by atoms with Gasteiger partial charge in [-0.3, -0.25) is 4.79 Å². The van der Waals surface area contributed by atoms with Gasteiger partial charge in [-0.25, -0.2) is 0 Å². The fourth-order valence-electron chi connectivity index (χ4n) is 2.66. The summed E-state index contributed by atoms with van der Waals surface area (Å²) < 4.78 is 1.09. The van der Waals surface area contributed by atoms with E-state index in [0.717, 1.165) is 10.9 Å². The molecule has 0 saturated carbocycles. The third-order valence-corrected chi connectivity index (χ3v) is 4.18. The molecule has 88 valence electrons. The number of halogens is 1. The van der Waals surface area contributed by atoms with E-state index in [1.807, 2.05) is 4.90 Å². The van der Waals surface area contributed by atoms with Crippen LogP contribution in [0.1, 0.15) is 34.1 Å². The second-order valence-electron chi connectivity index (χ2n) is 5.44. The molecule has 0 aromatic carbocycles. The molecule has 2 rings (SSSR count). The molecule has 0 bridgehead atoms. The second-order valence-corrected chi connectivity index (χ2v) is 6.35. The first-order chi connectivity index (χ1) is 7.35. The van der Waals surface area contributed by atoms with Gasteiger partial charge in [0.15, 0.2) is 0 Å². The number of amides is 1. The first kappa shape index (κ1) is 11.9. The number of allylic oxidation sites excluding steroid dienone is 4. The lowest BCUT2D eigenvalue weighted by atomic mass is 9.77. The van der Waals surface area contributed by atoms with E-state index in [1.165, 1.54) is 5.70 Å². The fraction of sp³-hybridized carbons (Fsp3) is 0.615. The van der Waals surface area contributed by atoms with Crippen molar-refractivity contribution in [3.05, 3.63) is 22.3 Å². The van der Waals surface area contributed by atoms with E-state index in [2.05, 4.69) is 55.8 Å². The molecular formula is C13H18BrNO. The van der Waals surface area contributed by atoms with Gasteiger partial charge in [-0.2, -0.15) is 0 Å². The molecule has 2 nitrogen and oxygen atoms in total. The minimum atomic E-state index is -0.264. The Morgan fingerprint density at radius 2 is 2.12 bits per heavy atom. The third kappa shape index (κ3) is 1.56. The van der Waals surface area contributed by atoms with Crippen LogP contribution in [-0.4, -0.2) is 16.8 Å². The zero-order valence-corrected chi connectivity index (χ0v) is 11.8. The number of nitrogens with zero attached hydrogens (tertiary/aromatic N) is 1. The van der Waals surface area contributed by atoms with E-state index < -0.39 is 0 Å². The minimum absolute atomic E-state index is 0.237. The highest BCUT2D eigenvalue weighted by Crippen LogP contribution is 2.49. The first-order valence-electron chi connectivity index (χ1n) is 5.76. The molecule has 1 aliphatic carbocycles. The molecule has 3 heteroatoms. The second kappa shape index (κ2) is 3.73.